The molecule has 0 unspecified atom stereocenters. The molecule has 0 aliphatic carbocycles. The van der Waals surface area contributed by atoms with Gasteiger partial charge in [0.05, 0.1) is 17.5 Å². The Labute approximate surface area is 157 Å². The van der Waals surface area contributed by atoms with Crippen LogP contribution in [0, 0.1) is 5.82 Å². The fourth-order valence-electron chi connectivity index (χ4n) is 3.29. The smallest absolute Gasteiger partial charge is 0.243 e. The van der Waals surface area contributed by atoms with Crippen molar-refractivity contribution in [1.82, 2.24) is 9.21 Å². The molecule has 5 nitrogen and oxygen atoms in total. The Balaban J connectivity index is 1.76. The molecule has 0 saturated heterocycles. The van der Waals surface area contributed by atoms with Crippen LogP contribution in [0.3, 0.4) is 0 Å². The van der Waals surface area contributed by atoms with E-state index in [1.165, 1.54) is 29.6 Å². The van der Waals surface area contributed by atoms with Gasteiger partial charge in [-0.3, -0.25) is 4.79 Å². The van der Waals surface area contributed by atoms with E-state index in [9.17, 15) is 17.6 Å². The fraction of sp³-hybridized carbons (Fsp3) is 0.389. The van der Waals surface area contributed by atoms with Crippen molar-refractivity contribution >= 4 is 27.3 Å². The predicted octanol–water partition coefficient (Wildman–Crippen LogP) is 3.04. The van der Waals surface area contributed by atoms with Gasteiger partial charge < -0.3 is 4.90 Å². The van der Waals surface area contributed by atoms with Crippen LogP contribution in [0.15, 0.2) is 40.6 Å². The van der Waals surface area contributed by atoms with Crippen molar-refractivity contribution in [2.24, 2.45) is 0 Å². The van der Waals surface area contributed by atoms with Crippen molar-refractivity contribution in [1.29, 1.82) is 0 Å². The first kappa shape index (κ1) is 19.0. The number of halogens is 1. The van der Waals surface area contributed by atoms with Gasteiger partial charge in [0.1, 0.15) is 5.82 Å². The second-order valence-corrected chi connectivity index (χ2v) is 9.32. The Kier molecular flexibility index (Phi) is 5.45. The van der Waals surface area contributed by atoms with Crippen LogP contribution < -0.4 is 0 Å². The number of benzene rings is 1. The van der Waals surface area contributed by atoms with Crippen LogP contribution in [-0.2, 0) is 21.2 Å². The summed E-state index contributed by atoms with van der Waals surface area (Å²) in [6, 6.07) is 6.64. The standard InChI is InChI=1S/C18H21FN2O3S2/c1-3-16-15-9-11-25-17(15)8-10-21(16)18(22)12-20(2)26(23,24)14-6-4-13(19)5-7-14/h4-7,9,11,16H,3,8,10,12H2,1-2H3/t16-/m1/s1. The summed E-state index contributed by atoms with van der Waals surface area (Å²) in [5, 5.41) is 2.03. The van der Waals surface area contributed by atoms with E-state index in [-0.39, 0.29) is 23.4 Å². The van der Waals surface area contributed by atoms with Crippen LogP contribution in [0.5, 0.6) is 0 Å². The van der Waals surface area contributed by atoms with Crippen molar-refractivity contribution in [3.05, 3.63) is 52.0 Å². The first-order chi connectivity index (χ1) is 12.3. The first-order valence-corrected chi connectivity index (χ1v) is 10.7. The minimum absolute atomic E-state index is 0.0144. The average molecular weight is 397 g/mol. The highest BCUT2D eigenvalue weighted by Crippen LogP contribution is 2.35. The molecule has 1 aromatic heterocycles. The molecule has 140 valence electrons. The number of sulfonamides is 1. The van der Waals surface area contributed by atoms with E-state index in [2.05, 4.69) is 0 Å². The maximum atomic E-state index is 13.0. The molecule has 0 N–H and O–H groups in total. The SMILES string of the molecule is CC[C@@H]1c2ccsc2CCN1C(=O)CN(C)S(=O)(=O)c1ccc(F)cc1. The first-order valence-electron chi connectivity index (χ1n) is 8.42. The number of thiophene rings is 1. The van der Waals surface area contributed by atoms with Gasteiger partial charge in [0.2, 0.25) is 15.9 Å². The quantitative estimate of drug-likeness (QED) is 0.781. The van der Waals surface area contributed by atoms with Gasteiger partial charge >= 0.3 is 0 Å². The zero-order valence-corrected chi connectivity index (χ0v) is 16.3. The fourth-order valence-corrected chi connectivity index (χ4v) is 5.34. The van der Waals surface area contributed by atoms with E-state index >= 15 is 0 Å². The van der Waals surface area contributed by atoms with Gasteiger partial charge in [-0.15, -0.1) is 11.3 Å². The molecule has 0 fully saturated rings. The number of amides is 1. The molecule has 1 aliphatic heterocycles. The topological polar surface area (TPSA) is 57.7 Å². The van der Waals surface area contributed by atoms with Crippen molar-refractivity contribution in [2.45, 2.75) is 30.7 Å². The molecule has 3 rings (SSSR count). The Bertz CT molecular complexity index is 893. The molecule has 1 atom stereocenters. The Morgan fingerprint density at radius 2 is 2.00 bits per heavy atom. The van der Waals surface area contributed by atoms with Crippen molar-refractivity contribution in [3.8, 4) is 0 Å². The minimum Gasteiger partial charge on any atom is -0.334 e. The molecular formula is C18H21FN2O3S2. The van der Waals surface area contributed by atoms with Crippen LogP contribution >= 0.6 is 11.3 Å². The lowest BCUT2D eigenvalue weighted by Crippen LogP contribution is -2.45. The monoisotopic (exact) mass is 396 g/mol. The summed E-state index contributed by atoms with van der Waals surface area (Å²) in [6.07, 6.45) is 1.58. The molecule has 1 aliphatic rings. The zero-order chi connectivity index (χ0) is 18.9. The largest absolute Gasteiger partial charge is 0.334 e. The Morgan fingerprint density at radius 1 is 1.31 bits per heavy atom. The average Bonchev–Trinajstić information content (AvgIpc) is 3.09. The molecule has 2 heterocycles. The number of carbonyl (C=O) groups excluding carboxylic acids is 1. The van der Waals surface area contributed by atoms with E-state index in [1.807, 2.05) is 18.4 Å². The molecular weight excluding hydrogens is 375 g/mol. The number of rotatable bonds is 5. The summed E-state index contributed by atoms with van der Waals surface area (Å²) in [5.74, 6) is -0.727. The molecule has 1 aromatic carbocycles. The molecule has 8 heteroatoms. The number of nitrogens with zero attached hydrogens (tertiary/aromatic N) is 2. The molecule has 0 spiro atoms. The molecule has 0 saturated carbocycles. The lowest BCUT2D eigenvalue weighted by Gasteiger charge is -2.36. The van der Waals surface area contributed by atoms with Gasteiger partial charge in [0.25, 0.3) is 0 Å². The summed E-state index contributed by atoms with van der Waals surface area (Å²) >= 11 is 1.70. The number of likely N-dealkylation sites (N-methyl/N-ethyl adjacent to an activating group) is 1. The Hall–Kier alpha value is -1.77. The highest BCUT2D eigenvalue weighted by atomic mass is 32.2. The van der Waals surface area contributed by atoms with Crippen molar-refractivity contribution in [3.63, 3.8) is 0 Å². The maximum absolute atomic E-state index is 13.0. The number of carbonyl (C=O) groups is 1. The van der Waals surface area contributed by atoms with Crippen LogP contribution in [-0.4, -0.2) is 43.7 Å². The highest BCUT2D eigenvalue weighted by Gasteiger charge is 2.32. The van der Waals surface area contributed by atoms with E-state index in [4.69, 9.17) is 0 Å². The lowest BCUT2D eigenvalue weighted by molar-refractivity contribution is -0.134. The number of hydrogen-bond donors (Lipinski definition) is 0. The molecule has 26 heavy (non-hydrogen) atoms. The molecule has 1 amide bonds. The number of hydrogen-bond acceptors (Lipinski definition) is 4. The maximum Gasteiger partial charge on any atom is 0.243 e. The van der Waals surface area contributed by atoms with Crippen molar-refractivity contribution in [2.75, 3.05) is 20.1 Å². The van der Waals surface area contributed by atoms with Crippen LogP contribution in [0.25, 0.3) is 0 Å². The van der Waals surface area contributed by atoms with Crippen LogP contribution in [0.4, 0.5) is 4.39 Å². The molecule has 0 bridgehead atoms. The van der Waals surface area contributed by atoms with Crippen LogP contribution in [0.2, 0.25) is 0 Å². The lowest BCUT2D eigenvalue weighted by atomic mass is 9.98. The van der Waals surface area contributed by atoms with Gasteiger partial charge in [0, 0.05) is 18.5 Å². The Morgan fingerprint density at radius 3 is 2.65 bits per heavy atom. The number of fused-ring (bicyclic) bond motifs is 1. The van der Waals surface area contributed by atoms with Gasteiger partial charge in [-0.2, -0.15) is 4.31 Å². The second kappa shape index (κ2) is 7.46. The zero-order valence-electron chi connectivity index (χ0n) is 14.7. The third kappa shape index (κ3) is 3.54. The summed E-state index contributed by atoms with van der Waals surface area (Å²) < 4.78 is 39.3. The van der Waals surface area contributed by atoms with Gasteiger partial charge in [-0.05, 0) is 54.1 Å². The van der Waals surface area contributed by atoms with E-state index in [1.54, 1.807) is 16.2 Å². The summed E-state index contributed by atoms with van der Waals surface area (Å²) in [7, 11) is -2.47. The van der Waals surface area contributed by atoms with Gasteiger partial charge in [-0.25, -0.2) is 12.8 Å². The summed E-state index contributed by atoms with van der Waals surface area (Å²) in [6.45, 7) is 2.38. The summed E-state index contributed by atoms with van der Waals surface area (Å²) in [5.41, 5.74) is 1.17. The van der Waals surface area contributed by atoms with Gasteiger partial charge in [-0.1, -0.05) is 6.92 Å². The normalized spacial score (nSPS) is 17.4. The van der Waals surface area contributed by atoms with E-state index < -0.39 is 15.8 Å². The highest BCUT2D eigenvalue weighted by molar-refractivity contribution is 7.89. The van der Waals surface area contributed by atoms with Gasteiger partial charge in [0.15, 0.2) is 0 Å². The minimum atomic E-state index is -3.84. The molecule has 0 radical (unpaired) electrons. The predicted molar refractivity (Wildman–Crippen MR) is 99.0 cm³/mol. The molecule has 2 aromatic rings. The second-order valence-electron chi connectivity index (χ2n) is 6.28. The van der Waals surface area contributed by atoms with E-state index in [0.717, 1.165) is 29.3 Å². The third-order valence-corrected chi connectivity index (χ3v) is 7.50. The third-order valence-electron chi connectivity index (χ3n) is 4.68. The summed E-state index contributed by atoms with van der Waals surface area (Å²) in [4.78, 5) is 15.8. The van der Waals surface area contributed by atoms with Crippen LogP contribution in [0.1, 0.15) is 29.8 Å². The van der Waals surface area contributed by atoms with Crippen molar-refractivity contribution < 1.29 is 17.6 Å². The van der Waals surface area contributed by atoms with E-state index in [0.29, 0.717) is 6.54 Å².